The Hall–Kier alpha value is -4.41. The fourth-order valence-electron chi connectivity index (χ4n) is 4.90. The number of hydrogen-bond acceptors (Lipinski definition) is 4. The molecular weight excluding hydrogens is 470 g/mol. The zero-order valence-corrected chi connectivity index (χ0v) is 20.9. The van der Waals surface area contributed by atoms with Gasteiger partial charge in [-0.25, -0.2) is 15.0 Å². The first kappa shape index (κ1) is 21.8. The van der Waals surface area contributed by atoms with Crippen molar-refractivity contribution in [3.05, 3.63) is 127 Å². The number of benzene rings is 4. The molecule has 2 aromatic heterocycles. The van der Waals surface area contributed by atoms with Crippen LogP contribution in [-0.2, 0) is 0 Å². The summed E-state index contributed by atoms with van der Waals surface area (Å²) in [5, 5.41) is 2.50. The molecule has 0 fully saturated rings. The van der Waals surface area contributed by atoms with Crippen molar-refractivity contribution in [2.45, 2.75) is 12.3 Å². The highest BCUT2D eigenvalue weighted by molar-refractivity contribution is 7.25. The fourth-order valence-corrected chi connectivity index (χ4v) is 5.97. The number of rotatable bonds is 4. The highest BCUT2D eigenvalue weighted by Crippen LogP contribution is 2.38. The Morgan fingerprint density at radius 1 is 0.568 bits per heavy atom. The quantitative estimate of drug-likeness (QED) is 0.246. The highest BCUT2D eigenvalue weighted by atomic mass is 32.1. The van der Waals surface area contributed by atoms with Crippen LogP contribution < -0.4 is 0 Å². The molecule has 3 nitrogen and oxygen atoms in total. The van der Waals surface area contributed by atoms with Crippen molar-refractivity contribution in [3.63, 3.8) is 0 Å². The van der Waals surface area contributed by atoms with Gasteiger partial charge in [0.05, 0.1) is 0 Å². The molecule has 6 aromatic rings. The van der Waals surface area contributed by atoms with E-state index in [1.165, 1.54) is 31.3 Å². The number of fused-ring (bicyclic) bond motifs is 3. The highest BCUT2D eigenvalue weighted by Gasteiger charge is 2.18. The molecule has 0 saturated carbocycles. The van der Waals surface area contributed by atoms with Gasteiger partial charge < -0.3 is 0 Å². The Balaban J connectivity index is 1.39. The van der Waals surface area contributed by atoms with Gasteiger partial charge in [-0.1, -0.05) is 91.0 Å². The Bertz CT molecular complexity index is 1800. The lowest BCUT2D eigenvalue weighted by Crippen LogP contribution is -2.07. The molecule has 176 valence electrons. The van der Waals surface area contributed by atoms with Crippen LogP contribution >= 0.6 is 11.3 Å². The Labute approximate surface area is 219 Å². The van der Waals surface area contributed by atoms with Crippen LogP contribution in [0.4, 0.5) is 0 Å². The standard InChI is InChI=1S/C33H23N3S/c1-4-10-22(11-5-1)25-16-18-29-27(20-25)28-21-26(17-19-30(28)37-29)33-35-31(23-12-6-2-7-13-23)34-32(36-33)24-14-8-3-9-15-24/h1-14,16-21,24H,15H2. The lowest BCUT2D eigenvalue weighted by molar-refractivity contribution is 0.764. The Morgan fingerprint density at radius 2 is 1.19 bits per heavy atom. The summed E-state index contributed by atoms with van der Waals surface area (Å²) in [4.78, 5) is 14.8. The summed E-state index contributed by atoms with van der Waals surface area (Å²) >= 11 is 1.83. The second-order valence-corrected chi connectivity index (χ2v) is 10.3. The van der Waals surface area contributed by atoms with Gasteiger partial charge >= 0.3 is 0 Å². The fraction of sp³-hybridized carbons (Fsp3) is 0.0606. The minimum absolute atomic E-state index is 0.147. The third kappa shape index (κ3) is 4.15. The van der Waals surface area contributed by atoms with Crippen molar-refractivity contribution >= 4 is 31.5 Å². The first-order valence-corrected chi connectivity index (χ1v) is 13.3. The molecule has 1 aliphatic rings. The number of allylic oxidation sites excluding steroid dienone is 4. The SMILES string of the molecule is C1=CCC(c2nc(-c3ccccc3)nc(-c3ccc4sc5ccc(-c6ccccc6)cc5c4c3)n2)C=C1. The summed E-state index contributed by atoms with van der Waals surface area (Å²) in [5.41, 5.74) is 4.46. The predicted molar refractivity (Wildman–Crippen MR) is 155 cm³/mol. The minimum atomic E-state index is 0.147. The summed E-state index contributed by atoms with van der Waals surface area (Å²) in [5.74, 6) is 2.39. The van der Waals surface area contributed by atoms with Crippen LogP contribution in [0.1, 0.15) is 18.2 Å². The van der Waals surface area contributed by atoms with Gasteiger partial charge in [0.15, 0.2) is 11.6 Å². The van der Waals surface area contributed by atoms with Crippen LogP contribution in [0.25, 0.3) is 54.1 Å². The van der Waals surface area contributed by atoms with Gasteiger partial charge in [0.2, 0.25) is 0 Å². The number of hydrogen-bond donors (Lipinski definition) is 0. The van der Waals surface area contributed by atoms with Crippen molar-refractivity contribution in [2.75, 3.05) is 0 Å². The van der Waals surface area contributed by atoms with E-state index < -0.39 is 0 Å². The van der Waals surface area contributed by atoms with Crippen molar-refractivity contribution < 1.29 is 0 Å². The first-order chi connectivity index (χ1) is 18.3. The predicted octanol–water partition coefficient (Wildman–Crippen LogP) is 8.84. The molecule has 0 aliphatic heterocycles. The van der Waals surface area contributed by atoms with Gasteiger partial charge in [0.25, 0.3) is 0 Å². The van der Waals surface area contributed by atoms with E-state index in [1.54, 1.807) is 0 Å². The average molecular weight is 494 g/mol. The largest absolute Gasteiger partial charge is 0.212 e. The van der Waals surface area contributed by atoms with E-state index >= 15 is 0 Å². The van der Waals surface area contributed by atoms with Crippen molar-refractivity contribution in [3.8, 4) is 33.9 Å². The van der Waals surface area contributed by atoms with Crippen LogP contribution in [0.2, 0.25) is 0 Å². The average Bonchev–Trinajstić information content (AvgIpc) is 3.35. The Kier molecular flexibility index (Phi) is 5.45. The molecule has 1 unspecified atom stereocenters. The van der Waals surface area contributed by atoms with Crippen molar-refractivity contribution in [1.82, 2.24) is 15.0 Å². The second kappa shape index (κ2) is 9.23. The maximum Gasteiger partial charge on any atom is 0.163 e. The summed E-state index contributed by atoms with van der Waals surface area (Å²) in [7, 11) is 0. The van der Waals surface area contributed by atoms with Gasteiger partial charge in [-0.15, -0.1) is 11.3 Å². The lowest BCUT2D eigenvalue weighted by Gasteiger charge is -2.14. The zero-order valence-electron chi connectivity index (χ0n) is 20.1. The van der Waals surface area contributed by atoms with E-state index in [9.17, 15) is 0 Å². The summed E-state index contributed by atoms with van der Waals surface area (Å²) < 4.78 is 2.55. The monoisotopic (exact) mass is 493 g/mol. The number of thiophene rings is 1. The van der Waals surface area contributed by atoms with Crippen molar-refractivity contribution in [2.24, 2.45) is 0 Å². The van der Waals surface area contributed by atoms with Crippen molar-refractivity contribution in [1.29, 1.82) is 0 Å². The van der Waals surface area contributed by atoms with Crippen LogP contribution in [0.3, 0.4) is 0 Å². The van der Waals surface area contributed by atoms with E-state index in [0.717, 1.165) is 23.4 Å². The molecule has 1 atom stereocenters. The third-order valence-electron chi connectivity index (χ3n) is 6.83. The first-order valence-electron chi connectivity index (χ1n) is 12.5. The van der Waals surface area contributed by atoms with Crippen LogP contribution in [0.5, 0.6) is 0 Å². The molecule has 4 aromatic carbocycles. The lowest BCUT2D eigenvalue weighted by atomic mass is 9.99. The normalized spacial score (nSPS) is 15.0. The second-order valence-electron chi connectivity index (χ2n) is 9.25. The number of aromatic nitrogens is 3. The zero-order chi connectivity index (χ0) is 24.6. The molecule has 0 bridgehead atoms. The summed E-state index contributed by atoms with van der Waals surface area (Å²) in [6, 6.07) is 34.1. The molecule has 1 aliphatic carbocycles. The van der Waals surface area contributed by atoms with Crippen LogP contribution in [0.15, 0.2) is 121 Å². The maximum atomic E-state index is 4.99. The molecule has 0 amide bonds. The van der Waals surface area contributed by atoms with E-state index in [0.29, 0.717) is 11.6 Å². The van der Waals surface area contributed by atoms with E-state index in [-0.39, 0.29) is 5.92 Å². The smallest absolute Gasteiger partial charge is 0.163 e. The van der Waals surface area contributed by atoms with Gasteiger partial charge in [-0.05, 0) is 47.9 Å². The molecule has 0 spiro atoms. The Morgan fingerprint density at radius 3 is 1.86 bits per heavy atom. The molecule has 2 heterocycles. The molecule has 37 heavy (non-hydrogen) atoms. The summed E-state index contributed by atoms with van der Waals surface area (Å²) in [6.07, 6.45) is 9.40. The maximum absolute atomic E-state index is 4.99. The summed E-state index contributed by atoms with van der Waals surface area (Å²) in [6.45, 7) is 0. The van der Waals surface area contributed by atoms with E-state index in [2.05, 4.69) is 103 Å². The number of nitrogens with zero attached hydrogens (tertiary/aromatic N) is 3. The molecule has 0 radical (unpaired) electrons. The van der Waals surface area contributed by atoms with Gasteiger partial charge in [0, 0.05) is 37.2 Å². The molecule has 0 saturated heterocycles. The minimum Gasteiger partial charge on any atom is -0.212 e. The van der Waals surface area contributed by atoms with E-state index in [1.807, 2.05) is 29.5 Å². The molecule has 0 N–H and O–H groups in total. The van der Waals surface area contributed by atoms with E-state index in [4.69, 9.17) is 15.0 Å². The third-order valence-corrected chi connectivity index (χ3v) is 7.98. The molecule has 4 heteroatoms. The van der Waals surface area contributed by atoms with Crippen LogP contribution in [0, 0.1) is 0 Å². The van der Waals surface area contributed by atoms with Gasteiger partial charge in [-0.3, -0.25) is 0 Å². The van der Waals surface area contributed by atoms with Crippen LogP contribution in [-0.4, -0.2) is 15.0 Å². The molecule has 7 rings (SSSR count). The molecular formula is C33H23N3S. The topological polar surface area (TPSA) is 38.7 Å². The van der Waals surface area contributed by atoms with Gasteiger partial charge in [0.1, 0.15) is 5.82 Å². The van der Waals surface area contributed by atoms with Gasteiger partial charge in [-0.2, -0.15) is 0 Å².